The first-order valence-electron chi connectivity index (χ1n) is 10.9. The summed E-state index contributed by atoms with van der Waals surface area (Å²) in [6.07, 6.45) is 1.07. The molecule has 3 rings (SSSR count). The van der Waals surface area contributed by atoms with E-state index in [1.807, 2.05) is 26.0 Å². The molecule has 0 saturated heterocycles. The van der Waals surface area contributed by atoms with E-state index in [4.69, 9.17) is 32.7 Å². The molecule has 3 aromatic rings. The van der Waals surface area contributed by atoms with Gasteiger partial charge in [-0.1, -0.05) is 41.4 Å². The standard InChI is InChI=1S/C26H25Cl2N3O4/c1-3-34-24-12-19(7-11-23(24)35-16-18-5-8-20(27)9-6-18)15-29-31-26(33)14-25(32)30-21-10-4-17(2)22(28)13-21/h4-13,15H,3,14,16H2,1-2H3,(H,30,32)(H,31,33). The molecule has 3 aromatic carbocycles. The molecule has 2 N–H and O–H groups in total. The summed E-state index contributed by atoms with van der Waals surface area (Å²) < 4.78 is 11.6. The Morgan fingerprint density at radius 1 is 0.943 bits per heavy atom. The summed E-state index contributed by atoms with van der Waals surface area (Å²) in [5.41, 5.74) is 5.42. The van der Waals surface area contributed by atoms with Crippen molar-refractivity contribution in [2.24, 2.45) is 5.10 Å². The number of aryl methyl sites for hydroxylation is 1. The number of anilines is 1. The number of carbonyl (C=O) groups excluding carboxylic acids is 2. The van der Waals surface area contributed by atoms with E-state index in [2.05, 4.69) is 15.8 Å². The highest BCUT2D eigenvalue weighted by Gasteiger charge is 2.10. The van der Waals surface area contributed by atoms with Gasteiger partial charge in [-0.3, -0.25) is 9.59 Å². The number of benzene rings is 3. The second-order valence-corrected chi connectivity index (χ2v) is 8.38. The van der Waals surface area contributed by atoms with E-state index in [0.29, 0.717) is 46.0 Å². The Kier molecular flexibility index (Phi) is 9.52. The van der Waals surface area contributed by atoms with Crippen LogP contribution < -0.4 is 20.2 Å². The number of hydrogen-bond acceptors (Lipinski definition) is 5. The number of rotatable bonds is 10. The number of nitrogens with zero attached hydrogens (tertiary/aromatic N) is 1. The molecular weight excluding hydrogens is 489 g/mol. The van der Waals surface area contributed by atoms with E-state index in [1.54, 1.807) is 48.5 Å². The molecule has 182 valence electrons. The van der Waals surface area contributed by atoms with Gasteiger partial charge in [0.2, 0.25) is 11.8 Å². The lowest BCUT2D eigenvalue weighted by Gasteiger charge is -2.12. The van der Waals surface area contributed by atoms with Crippen LogP contribution in [-0.4, -0.2) is 24.6 Å². The molecular formula is C26H25Cl2N3O4. The van der Waals surface area contributed by atoms with Gasteiger partial charge >= 0.3 is 0 Å². The molecule has 0 heterocycles. The van der Waals surface area contributed by atoms with Crippen LogP contribution in [0.1, 0.15) is 30.0 Å². The van der Waals surface area contributed by atoms with Crippen molar-refractivity contribution in [1.29, 1.82) is 0 Å². The number of hydrogen-bond donors (Lipinski definition) is 2. The quantitative estimate of drug-likeness (QED) is 0.205. The summed E-state index contributed by atoms with van der Waals surface area (Å²) >= 11 is 12.0. The third-order valence-electron chi connectivity index (χ3n) is 4.75. The molecule has 0 spiro atoms. The number of halogens is 2. The first-order valence-corrected chi connectivity index (χ1v) is 11.6. The fraction of sp³-hybridized carbons (Fsp3) is 0.192. The van der Waals surface area contributed by atoms with Crippen molar-refractivity contribution in [3.05, 3.63) is 87.4 Å². The SMILES string of the molecule is CCOc1cc(C=NNC(=O)CC(=O)Nc2ccc(C)c(Cl)c2)ccc1OCc1ccc(Cl)cc1. The zero-order valence-corrected chi connectivity index (χ0v) is 20.8. The molecule has 35 heavy (non-hydrogen) atoms. The molecule has 0 radical (unpaired) electrons. The molecule has 0 aromatic heterocycles. The minimum Gasteiger partial charge on any atom is -0.490 e. The zero-order valence-electron chi connectivity index (χ0n) is 19.3. The van der Waals surface area contributed by atoms with Crippen molar-refractivity contribution in [1.82, 2.24) is 5.43 Å². The fourth-order valence-electron chi connectivity index (χ4n) is 2.97. The summed E-state index contributed by atoms with van der Waals surface area (Å²) in [5, 5.41) is 7.75. The monoisotopic (exact) mass is 513 g/mol. The lowest BCUT2D eigenvalue weighted by molar-refractivity contribution is -0.126. The van der Waals surface area contributed by atoms with Crippen LogP contribution in [0.3, 0.4) is 0 Å². The van der Waals surface area contributed by atoms with Crippen LogP contribution in [-0.2, 0) is 16.2 Å². The van der Waals surface area contributed by atoms with E-state index in [0.717, 1.165) is 11.1 Å². The molecule has 0 aliphatic heterocycles. The Bertz CT molecular complexity index is 1210. The maximum absolute atomic E-state index is 12.1. The lowest BCUT2D eigenvalue weighted by Crippen LogP contribution is -2.24. The molecule has 0 aliphatic carbocycles. The van der Waals surface area contributed by atoms with Gasteiger partial charge < -0.3 is 14.8 Å². The summed E-state index contributed by atoms with van der Waals surface area (Å²) in [6, 6.07) is 17.8. The van der Waals surface area contributed by atoms with Crippen molar-refractivity contribution in [3.63, 3.8) is 0 Å². The number of nitrogens with one attached hydrogen (secondary N) is 2. The van der Waals surface area contributed by atoms with Gasteiger partial charge in [0, 0.05) is 15.7 Å². The molecule has 7 nitrogen and oxygen atoms in total. The molecule has 9 heteroatoms. The highest BCUT2D eigenvalue weighted by molar-refractivity contribution is 6.31. The van der Waals surface area contributed by atoms with Crippen molar-refractivity contribution in [2.75, 3.05) is 11.9 Å². The van der Waals surface area contributed by atoms with E-state index in [9.17, 15) is 9.59 Å². The summed E-state index contributed by atoms with van der Waals surface area (Å²) in [6.45, 7) is 4.55. The summed E-state index contributed by atoms with van der Waals surface area (Å²) in [5.74, 6) is 0.104. The van der Waals surface area contributed by atoms with E-state index < -0.39 is 11.8 Å². The molecule has 0 bridgehead atoms. The van der Waals surface area contributed by atoms with Crippen molar-refractivity contribution in [3.8, 4) is 11.5 Å². The third-order valence-corrected chi connectivity index (χ3v) is 5.41. The molecule has 0 atom stereocenters. The van der Waals surface area contributed by atoms with E-state index in [1.165, 1.54) is 6.21 Å². The van der Waals surface area contributed by atoms with E-state index >= 15 is 0 Å². The fourth-order valence-corrected chi connectivity index (χ4v) is 3.28. The Labute approximate surface area is 214 Å². The van der Waals surface area contributed by atoms with Gasteiger partial charge in [0.1, 0.15) is 13.0 Å². The van der Waals surface area contributed by atoms with Gasteiger partial charge in [-0.2, -0.15) is 5.10 Å². The summed E-state index contributed by atoms with van der Waals surface area (Å²) in [7, 11) is 0. The molecule has 2 amide bonds. The zero-order chi connectivity index (χ0) is 25.2. The normalized spacial score (nSPS) is 10.7. The van der Waals surface area contributed by atoms with Gasteiger partial charge in [-0.05, 0) is 73.0 Å². The van der Waals surface area contributed by atoms with Crippen molar-refractivity contribution in [2.45, 2.75) is 26.9 Å². The van der Waals surface area contributed by atoms with Crippen LogP contribution in [0.25, 0.3) is 0 Å². The molecule has 0 fully saturated rings. The van der Waals surface area contributed by atoms with Crippen LogP contribution in [0.2, 0.25) is 10.0 Å². The smallest absolute Gasteiger partial charge is 0.249 e. The topological polar surface area (TPSA) is 89.0 Å². The predicted octanol–water partition coefficient (Wildman–Crippen LogP) is 5.76. The Morgan fingerprint density at radius 3 is 2.43 bits per heavy atom. The number of hydrazone groups is 1. The molecule has 0 unspecified atom stereocenters. The number of carbonyl (C=O) groups is 2. The Hall–Kier alpha value is -3.55. The maximum atomic E-state index is 12.1. The lowest BCUT2D eigenvalue weighted by atomic mass is 10.2. The Morgan fingerprint density at radius 2 is 1.71 bits per heavy atom. The van der Waals surface area contributed by atoms with Gasteiger partial charge in [0.05, 0.1) is 12.8 Å². The maximum Gasteiger partial charge on any atom is 0.249 e. The Balaban J connectivity index is 1.53. The first-order chi connectivity index (χ1) is 16.8. The average Bonchev–Trinajstić information content (AvgIpc) is 2.82. The first kappa shape index (κ1) is 26.1. The van der Waals surface area contributed by atoms with Crippen molar-refractivity contribution >= 4 is 46.9 Å². The van der Waals surface area contributed by atoms with Crippen LogP contribution >= 0.6 is 23.2 Å². The third kappa shape index (κ3) is 8.31. The average molecular weight is 514 g/mol. The van der Waals surface area contributed by atoms with Gasteiger partial charge in [0.25, 0.3) is 0 Å². The van der Waals surface area contributed by atoms with Gasteiger partial charge in [0.15, 0.2) is 11.5 Å². The number of ether oxygens (including phenoxy) is 2. The second kappa shape index (κ2) is 12.8. The molecule has 0 aliphatic rings. The minimum absolute atomic E-state index is 0.359. The van der Waals surface area contributed by atoms with Crippen LogP contribution in [0, 0.1) is 6.92 Å². The van der Waals surface area contributed by atoms with Crippen LogP contribution in [0.15, 0.2) is 65.8 Å². The van der Waals surface area contributed by atoms with Gasteiger partial charge in [-0.15, -0.1) is 0 Å². The van der Waals surface area contributed by atoms with Crippen LogP contribution in [0.4, 0.5) is 5.69 Å². The van der Waals surface area contributed by atoms with Gasteiger partial charge in [-0.25, -0.2) is 5.43 Å². The predicted molar refractivity (Wildman–Crippen MR) is 139 cm³/mol. The van der Waals surface area contributed by atoms with Crippen molar-refractivity contribution < 1.29 is 19.1 Å². The number of amides is 2. The second-order valence-electron chi connectivity index (χ2n) is 7.54. The molecule has 0 saturated carbocycles. The van der Waals surface area contributed by atoms with E-state index in [-0.39, 0.29) is 6.42 Å². The summed E-state index contributed by atoms with van der Waals surface area (Å²) in [4.78, 5) is 24.1. The van der Waals surface area contributed by atoms with Crippen LogP contribution in [0.5, 0.6) is 11.5 Å². The minimum atomic E-state index is -0.551. The highest BCUT2D eigenvalue weighted by atomic mass is 35.5. The largest absolute Gasteiger partial charge is 0.490 e. The highest BCUT2D eigenvalue weighted by Crippen LogP contribution is 2.29.